The van der Waals surface area contributed by atoms with Crippen LogP contribution in [-0.2, 0) is 0 Å². The molecule has 1 nitrogen and oxygen atoms in total. The van der Waals surface area contributed by atoms with Crippen LogP contribution in [0.2, 0.25) is 0 Å². The predicted octanol–water partition coefficient (Wildman–Crippen LogP) is 3.66. The highest BCUT2D eigenvalue weighted by Crippen LogP contribution is 2.30. The Balaban J connectivity index is 1.98. The van der Waals surface area contributed by atoms with Crippen LogP contribution in [0.4, 0.5) is 13.2 Å². The molecule has 0 aromatic heterocycles. The Hall–Kier alpha value is 0.100. The SMILES string of the molecule is CC1CCCC(CNCCSC(F)(F)F)C1. The van der Waals surface area contributed by atoms with Crippen molar-refractivity contribution in [3.63, 3.8) is 0 Å². The molecule has 0 aromatic carbocycles. The molecule has 2 atom stereocenters. The van der Waals surface area contributed by atoms with Crippen molar-refractivity contribution < 1.29 is 13.2 Å². The predicted molar refractivity (Wildman–Crippen MR) is 62.5 cm³/mol. The quantitative estimate of drug-likeness (QED) is 0.752. The van der Waals surface area contributed by atoms with Gasteiger partial charge in [0, 0.05) is 12.3 Å². The number of hydrogen-bond acceptors (Lipinski definition) is 2. The van der Waals surface area contributed by atoms with Crippen molar-refractivity contribution >= 4 is 11.8 Å². The van der Waals surface area contributed by atoms with Crippen LogP contribution in [0, 0.1) is 11.8 Å². The molecule has 0 bridgehead atoms. The molecular formula is C11H20F3NS. The largest absolute Gasteiger partial charge is 0.441 e. The minimum atomic E-state index is -4.08. The van der Waals surface area contributed by atoms with Crippen molar-refractivity contribution in [3.05, 3.63) is 0 Å². The van der Waals surface area contributed by atoms with E-state index >= 15 is 0 Å². The first kappa shape index (κ1) is 14.2. The molecule has 1 aliphatic rings. The molecule has 16 heavy (non-hydrogen) atoms. The lowest BCUT2D eigenvalue weighted by molar-refractivity contribution is -0.0327. The molecule has 1 saturated carbocycles. The van der Waals surface area contributed by atoms with E-state index in [1.165, 1.54) is 25.7 Å². The zero-order valence-corrected chi connectivity index (χ0v) is 10.5. The smallest absolute Gasteiger partial charge is 0.316 e. The summed E-state index contributed by atoms with van der Waals surface area (Å²) in [6.07, 6.45) is 5.02. The van der Waals surface area contributed by atoms with Crippen LogP contribution in [0.5, 0.6) is 0 Å². The Kier molecular flexibility index (Phi) is 5.97. The normalized spacial score (nSPS) is 27.0. The second-order valence-corrected chi connectivity index (χ2v) is 5.80. The maximum atomic E-state index is 11.8. The van der Waals surface area contributed by atoms with Gasteiger partial charge in [0.15, 0.2) is 0 Å². The van der Waals surface area contributed by atoms with Gasteiger partial charge in [-0.2, -0.15) is 13.2 Å². The molecule has 1 aliphatic carbocycles. The molecule has 0 spiro atoms. The zero-order valence-electron chi connectivity index (χ0n) is 9.65. The summed E-state index contributed by atoms with van der Waals surface area (Å²) in [6, 6.07) is 0. The van der Waals surface area contributed by atoms with Crippen LogP contribution in [0.3, 0.4) is 0 Å². The minimum absolute atomic E-state index is 0.0582. The van der Waals surface area contributed by atoms with Crippen molar-refractivity contribution in [2.75, 3.05) is 18.8 Å². The lowest BCUT2D eigenvalue weighted by Gasteiger charge is -2.26. The van der Waals surface area contributed by atoms with E-state index in [-0.39, 0.29) is 17.5 Å². The van der Waals surface area contributed by atoms with Crippen LogP contribution >= 0.6 is 11.8 Å². The molecule has 0 aliphatic heterocycles. The molecule has 5 heteroatoms. The molecule has 0 saturated heterocycles. The van der Waals surface area contributed by atoms with Gasteiger partial charge in [0.25, 0.3) is 0 Å². The molecule has 1 rings (SSSR count). The standard InChI is InChI=1S/C11H20F3NS/c1-9-3-2-4-10(7-9)8-15-5-6-16-11(12,13)14/h9-10,15H,2-8H2,1H3. The minimum Gasteiger partial charge on any atom is -0.316 e. The fraction of sp³-hybridized carbons (Fsp3) is 1.00. The van der Waals surface area contributed by atoms with Crippen molar-refractivity contribution in [1.29, 1.82) is 0 Å². The molecule has 0 heterocycles. The topological polar surface area (TPSA) is 12.0 Å². The van der Waals surface area contributed by atoms with Crippen LogP contribution in [0.15, 0.2) is 0 Å². The van der Waals surface area contributed by atoms with E-state index in [9.17, 15) is 13.2 Å². The first-order valence-electron chi connectivity index (χ1n) is 5.89. The fourth-order valence-corrected chi connectivity index (χ4v) is 2.77. The Labute approximate surface area is 99.6 Å². The zero-order chi connectivity index (χ0) is 12.0. The van der Waals surface area contributed by atoms with Gasteiger partial charge in [-0.05, 0) is 43.0 Å². The first-order valence-corrected chi connectivity index (χ1v) is 6.87. The van der Waals surface area contributed by atoms with Gasteiger partial charge >= 0.3 is 5.51 Å². The summed E-state index contributed by atoms with van der Waals surface area (Å²) in [5, 5.41) is 3.13. The monoisotopic (exact) mass is 255 g/mol. The van der Waals surface area contributed by atoms with E-state index in [2.05, 4.69) is 12.2 Å². The van der Waals surface area contributed by atoms with Crippen LogP contribution in [0.25, 0.3) is 0 Å². The molecule has 1 N–H and O–H groups in total. The summed E-state index contributed by atoms with van der Waals surface area (Å²) < 4.78 is 35.5. The average molecular weight is 255 g/mol. The third kappa shape index (κ3) is 6.63. The Morgan fingerprint density at radius 1 is 1.31 bits per heavy atom. The molecule has 1 fully saturated rings. The second-order valence-electron chi connectivity index (χ2n) is 4.64. The first-order chi connectivity index (χ1) is 7.47. The average Bonchev–Trinajstić information content (AvgIpc) is 2.15. The molecule has 96 valence electrons. The van der Waals surface area contributed by atoms with Gasteiger partial charge in [0.2, 0.25) is 0 Å². The molecule has 0 aromatic rings. The number of halogens is 3. The van der Waals surface area contributed by atoms with E-state index in [1.807, 2.05) is 0 Å². The number of hydrogen-bond donors (Lipinski definition) is 1. The highest BCUT2D eigenvalue weighted by molar-refractivity contribution is 8.00. The van der Waals surface area contributed by atoms with Crippen molar-refractivity contribution in [2.45, 2.75) is 38.1 Å². The second kappa shape index (κ2) is 6.74. The molecule has 0 radical (unpaired) electrons. The van der Waals surface area contributed by atoms with E-state index in [1.54, 1.807) is 0 Å². The van der Waals surface area contributed by atoms with Crippen LogP contribution < -0.4 is 5.32 Å². The highest BCUT2D eigenvalue weighted by atomic mass is 32.2. The maximum absolute atomic E-state index is 11.8. The highest BCUT2D eigenvalue weighted by Gasteiger charge is 2.27. The van der Waals surface area contributed by atoms with E-state index < -0.39 is 5.51 Å². The molecule has 0 amide bonds. The third-order valence-corrected chi connectivity index (χ3v) is 3.76. The van der Waals surface area contributed by atoms with Gasteiger partial charge in [0.1, 0.15) is 0 Å². The summed E-state index contributed by atoms with van der Waals surface area (Å²) in [6.45, 7) is 3.59. The van der Waals surface area contributed by atoms with Crippen LogP contribution in [-0.4, -0.2) is 24.4 Å². The Morgan fingerprint density at radius 3 is 2.69 bits per heavy atom. The maximum Gasteiger partial charge on any atom is 0.441 e. The summed E-state index contributed by atoms with van der Waals surface area (Å²) in [5.41, 5.74) is -4.08. The summed E-state index contributed by atoms with van der Waals surface area (Å²) >= 11 is 0.0582. The lowest BCUT2D eigenvalue weighted by atomic mass is 9.82. The number of alkyl halides is 3. The van der Waals surface area contributed by atoms with Gasteiger partial charge in [-0.3, -0.25) is 0 Å². The van der Waals surface area contributed by atoms with E-state index in [4.69, 9.17) is 0 Å². The summed E-state index contributed by atoms with van der Waals surface area (Å²) in [5.74, 6) is 1.57. The fourth-order valence-electron chi connectivity index (χ4n) is 2.29. The van der Waals surface area contributed by atoms with E-state index in [0.29, 0.717) is 12.5 Å². The van der Waals surface area contributed by atoms with Gasteiger partial charge in [0.05, 0.1) is 0 Å². The van der Waals surface area contributed by atoms with Gasteiger partial charge in [-0.25, -0.2) is 0 Å². The van der Waals surface area contributed by atoms with E-state index in [0.717, 1.165) is 12.5 Å². The Morgan fingerprint density at radius 2 is 2.06 bits per heavy atom. The Bertz CT molecular complexity index is 196. The summed E-state index contributed by atoms with van der Waals surface area (Å²) in [4.78, 5) is 0. The van der Waals surface area contributed by atoms with Crippen molar-refractivity contribution in [2.24, 2.45) is 11.8 Å². The van der Waals surface area contributed by atoms with Gasteiger partial charge in [-0.15, -0.1) is 0 Å². The van der Waals surface area contributed by atoms with Crippen molar-refractivity contribution in [3.8, 4) is 0 Å². The lowest BCUT2D eigenvalue weighted by Crippen LogP contribution is -2.28. The third-order valence-electron chi connectivity index (χ3n) is 3.02. The number of nitrogens with one attached hydrogen (secondary N) is 1. The van der Waals surface area contributed by atoms with Gasteiger partial charge in [-0.1, -0.05) is 19.8 Å². The molecule has 2 unspecified atom stereocenters. The van der Waals surface area contributed by atoms with Crippen LogP contribution in [0.1, 0.15) is 32.6 Å². The van der Waals surface area contributed by atoms with Gasteiger partial charge < -0.3 is 5.32 Å². The number of thioether (sulfide) groups is 1. The molecular weight excluding hydrogens is 235 g/mol. The summed E-state index contributed by atoms with van der Waals surface area (Å²) in [7, 11) is 0. The van der Waals surface area contributed by atoms with Crippen molar-refractivity contribution in [1.82, 2.24) is 5.32 Å². The number of rotatable bonds is 5.